The monoisotopic (exact) mass is 392 g/mol. The lowest BCUT2D eigenvalue weighted by atomic mass is 9.97. The number of rotatable bonds is 3. The van der Waals surface area contributed by atoms with Crippen LogP contribution >= 0.6 is 11.6 Å². The topological polar surface area (TPSA) is 71.8 Å². The van der Waals surface area contributed by atoms with E-state index in [0.717, 1.165) is 18.2 Å². The molecule has 1 N–H and O–H groups in total. The van der Waals surface area contributed by atoms with Crippen LogP contribution in [0.5, 0.6) is 0 Å². The van der Waals surface area contributed by atoms with E-state index in [0.29, 0.717) is 36.2 Å². The average molecular weight is 393 g/mol. The van der Waals surface area contributed by atoms with Gasteiger partial charge in [-0.15, -0.1) is 0 Å². The normalized spacial score (nSPS) is 15.8. The highest BCUT2D eigenvalue weighted by Gasteiger charge is 2.27. The molecule has 0 unspecified atom stereocenters. The third-order valence-corrected chi connectivity index (χ3v) is 4.75. The fourth-order valence-corrected chi connectivity index (χ4v) is 3.28. The van der Waals surface area contributed by atoms with Crippen LogP contribution in [0.3, 0.4) is 0 Å². The Labute approximate surface area is 163 Å². The molecule has 0 aliphatic carbocycles. The first-order valence-electron chi connectivity index (χ1n) is 9.16. The van der Waals surface area contributed by atoms with Crippen molar-refractivity contribution in [2.75, 3.05) is 19.6 Å². The molecule has 0 radical (unpaired) electrons. The minimum absolute atomic E-state index is 0.239. The van der Waals surface area contributed by atoms with E-state index in [1.807, 2.05) is 20.8 Å². The number of benzene rings is 1. The molecule has 0 bridgehead atoms. The zero-order chi connectivity index (χ0) is 19.6. The maximum Gasteiger partial charge on any atom is 0.410 e. The lowest BCUT2D eigenvalue weighted by molar-refractivity contribution is 0.0183. The Hall–Kier alpha value is -2.21. The van der Waals surface area contributed by atoms with Gasteiger partial charge in [-0.1, -0.05) is 11.6 Å². The number of carbonyl (C=O) groups excluding carboxylic acids is 2. The summed E-state index contributed by atoms with van der Waals surface area (Å²) >= 11 is 5.96. The smallest absolute Gasteiger partial charge is 0.410 e. The molecular formula is C20H25ClN2O4. The standard InChI is InChI=1S/C20H25ClN2O4/c1-20(2,3)27-19(25)23-8-6-13(7-9-23)12-22-18(24)17-11-14-10-15(21)4-5-16(14)26-17/h4-5,10-11,13H,6-9,12H2,1-3H3,(H,22,24). The van der Waals surface area contributed by atoms with E-state index in [1.54, 1.807) is 29.2 Å². The number of halogens is 1. The lowest BCUT2D eigenvalue weighted by Crippen LogP contribution is -2.43. The lowest BCUT2D eigenvalue weighted by Gasteiger charge is -2.33. The number of amides is 2. The van der Waals surface area contributed by atoms with Crippen molar-refractivity contribution < 1.29 is 18.7 Å². The molecule has 1 fully saturated rings. The molecule has 2 aromatic rings. The zero-order valence-corrected chi connectivity index (χ0v) is 16.6. The Kier molecular flexibility index (Phi) is 5.65. The number of hydrogen-bond donors (Lipinski definition) is 1. The summed E-state index contributed by atoms with van der Waals surface area (Å²) in [5.41, 5.74) is 0.147. The first kappa shape index (κ1) is 19.5. The van der Waals surface area contributed by atoms with Gasteiger partial charge >= 0.3 is 6.09 Å². The van der Waals surface area contributed by atoms with Crippen LogP contribution in [0.15, 0.2) is 28.7 Å². The van der Waals surface area contributed by atoms with Gasteiger partial charge in [0.1, 0.15) is 11.2 Å². The number of hydrogen-bond acceptors (Lipinski definition) is 4. The molecule has 6 nitrogen and oxygen atoms in total. The second kappa shape index (κ2) is 7.80. The van der Waals surface area contributed by atoms with Crippen molar-refractivity contribution in [3.63, 3.8) is 0 Å². The van der Waals surface area contributed by atoms with Gasteiger partial charge in [0.2, 0.25) is 0 Å². The van der Waals surface area contributed by atoms with Crippen LogP contribution in [-0.2, 0) is 4.74 Å². The zero-order valence-electron chi connectivity index (χ0n) is 15.9. The second-order valence-corrected chi connectivity index (χ2v) is 8.35. The molecule has 1 saturated heterocycles. The molecule has 0 spiro atoms. The van der Waals surface area contributed by atoms with Gasteiger partial charge in [0, 0.05) is 30.0 Å². The maximum atomic E-state index is 12.3. The summed E-state index contributed by atoms with van der Waals surface area (Å²) in [6.07, 6.45) is 1.38. The van der Waals surface area contributed by atoms with E-state index in [4.69, 9.17) is 20.8 Å². The highest BCUT2D eigenvalue weighted by Crippen LogP contribution is 2.23. The Balaban J connectivity index is 1.48. The van der Waals surface area contributed by atoms with Gasteiger partial charge in [-0.3, -0.25) is 4.79 Å². The molecule has 0 saturated carbocycles. The van der Waals surface area contributed by atoms with E-state index in [1.165, 1.54) is 0 Å². The Morgan fingerprint density at radius 3 is 2.63 bits per heavy atom. The van der Waals surface area contributed by atoms with Crippen molar-refractivity contribution in [2.45, 2.75) is 39.2 Å². The largest absolute Gasteiger partial charge is 0.451 e. The van der Waals surface area contributed by atoms with E-state index >= 15 is 0 Å². The van der Waals surface area contributed by atoms with Crippen LogP contribution in [0.4, 0.5) is 4.79 Å². The summed E-state index contributed by atoms with van der Waals surface area (Å²) in [5.74, 6) is 0.363. The summed E-state index contributed by atoms with van der Waals surface area (Å²) < 4.78 is 11.0. The van der Waals surface area contributed by atoms with Crippen molar-refractivity contribution >= 4 is 34.6 Å². The first-order chi connectivity index (χ1) is 12.7. The fourth-order valence-electron chi connectivity index (χ4n) is 3.10. The second-order valence-electron chi connectivity index (χ2n) is 7.91. The predicted octanol–water partition coefficient (Wildman–Crippen LogP) is 4.46. The van der Waals surface area contributed by atoms with Crippen LogP contribution in [0, 0.1) is 5.92 Å². The van der Waals surface area contributed by atoms with Gasteiger partial charge in [0.05, 0.1) is 0 Å². The van der Waals surface area contributed by atoms with E-state index in [-0.39, 0.29) is 17.8 Å². The first-order valence-corrected chi connectivity index (χ1v) is 9.54. The molecular weight excluding hydrogens is 368 g/mol. The molecule has 146 valence electrons. The Morgan fingerprint density at radius 1 is 1.26 bits per heavy atom. The maximum absolute atomic E-state index is 12.3. The van der Waals surface area contributed by atoms with E-state index in [9.17, 15) is 9.59 Å². The third-order valence-electron chi connectivity index (χ3n) is 4.52. The van der Waals surface area contributed by atoms with E-state index < -0.39 is 5.60 Å². The van der Waals surface area contributed by atoms with Crippen LogP contribution < -0.4 is 5.32 Å². The molecule has 0 atom stereocenters. The van der Waals surface area contributed by atoms with Crippen molar-refractivity contribution in [1.82, 2.24) is 10.2 Å². The highest BCUT2D eigenvalue weighted by molar-refractivity contribution is 6.31. The van der Waals surface area contributed by atoms with Crippen LogP contribution in [0.2, 0.25) is 5.02 Å². The van der Waals surface area contributed by atoms with Crippen molar-refractivity contribution in [2.24, 2.45) is 5.92 Å². The Morgan fingerprint density at radius 2 is 1.96 bits per heavy atom. The van der Waals surface area contributed by atoms with Crippen LogP contribution in [-0.4, -0.2) is 42.1 Å². The SMILES string of the molecule is CC(C)(C)OC(=O)N1CCC(CNC(=O)c2cc3cc(Cl)ccc3o2)CC1. The number of nitrogens with zero attached hydrogens (tertiary/aromatic N) is 1. The summed E-state index contributed by atoms with van der Waals surface area (Å²) in [5, 5.41) is 4.33. The summed E-state index contributed by atoms with van der Waals surface area (Å²) in [7, 11) is 0. The molecule has 1 aliphatic heterocycles. The molecule has 1 aromatic heterocycles. The van der Waals surface area contributed by atoms with E-state index in [2.05, 4.69) is 5.32 Å². The molecule has 2 amide bonds. The van der Waals surface area contributed by atoms with Crippen molar-refractivity contribution in [1.29, 1.82) is 0 Å². The predicted molar refractivity (Wildman–Crippen MR) is 104 cm³/mol. The van der Waals surface area contributed by atoms with Gasteiger partial charge in [0.15, 0.2) is 5.76 Å². The van der Waals surface area contributed by atoms with Crippen molar-refractivity contribution in [3.8, 4) is 0 Å². The van der Waals surface area contributed by atoms with Gasteiger partial charge in [-0.05, 0) is 63.8 Å². The minimum Gasteiger partial charge on any atom is -0.451 e. The summed E-state index contributed by atoms with van der Waals surface area (Å²) in [6.45, 7) is 7.41. The van der Waals surface area contributed by atoms with Gasteiger partial charge < -0.3 is 19.4 Å². The fraction of sp³-hybridized carbons (Fsp3) is 0.500. The molecule has 1 aliphatic rings. The number of nitrogens with one attached hydrogen (secondary N) is 1. The number of piperidine rings is 1. The quantitative estimate of drug-likeness (QED) is 0.836. The molecule has 7 heteroatoms. The molecule has 3 rings (SSSR count). The number of furan rings is 1. The van der Waals surface area contributed by atoms with Crippen LogP contribution in [0.25, 0.3) is 11.0 Å². The molecule has 27 heavy (non-hydrogen) atoms. The summed E-state index contributed by atoms with van der Waals surface area (Å²) in [6, 6.07) is 6.94. The Bertz CT molecular complexity index is 832. The van der Waals surface area contributed by atoms with Crippen LogP contribution in [0.1, 0.15) is 44.2 Å². The molecule has 1 aromatic carbocycles. The third kappa shape index (κ3) is 5.16. The summed E-state index contributed by atoms with van der Waals surface area (Å²) in [4.78, 5) is 26.2. The average Bonchev–Trinajstić information content (AvgIpc) is 3.01. The highest BCUT2D eigenvalue weighted by atomic mass is 35.5. The van der Waals surface area contributed by atoms with Gasteiger partial charge in [0.25, 0.3) is 5.91 Å². The number of ether oxygens (including phenoxy) is 1. The molecule has 2 heterocycles. The minimum atomic E-state index is -0.487. The number of carbonyl (C=O) groups is 2. The number of fused-ring (bicyclic) bond motifs is 1. The van der Waals surface area contributed by atoms with Gasteiger partial charge in [-0.2, -0.15) is 0 Å². The number of likely N-dealkylation sites (tertiary alicyclic amines) is 1. The van der Waals surface area contributed by atoms with Crippen molar-refractivity contribution in [3.05, 3.63) is 35.0 Å². The van der Waals surface area contributed by atoms with Gasteiger partial charge in [-0.25, -0.2) is 4.79 Å².